The Labute approximate surface area is 101 Å². The molecule has 0 aliphatic heterocycles. The molecular formula is C14H16N2O. The first-order valence-electron chi connectivity index (χ1n) is 5.73. The van der Waals surface area contributed by atoms with Crippen molar-refractivity contribution in [2.24, 2.45) is 0 Å². The minimum absolute atomic E-state index is 0.251. The SMILES string of the molecule is Cc1cccc(-n2cc(C=O)c(C(C)C)n2)c1. The molecule has 0 spiro atoms. The topological polar surface area (TPSA) is 34.9 Å². The maximum Gasteiger partial charge on any atom is 0.153 e. The molecule has 88 valence electrons. The van der Waals surface area contributed by atoms with E-state index < -0.39 is 0 Å². The number of hydrogen-bond donors (Lipinski definition) is 0. The van der Waals surface area contributed by atoms with E-state index >= 15 is 0 Å². The summed E-state index contributed by atoms with van der Waals surface area (Å²) < 4.78 is 1.77. The standard InChI is InChI=1S/C14H16N2O/c1-10(2)14-12(9-17)8-16(15-14)13-6-4-5-11(3)7-13/h4-10H,1-3H3. The first kappa shape index (κ1) is 11.6. The van der Waals surface area contributed by atoms with E-state index in [1.807, 2.05) is 45.0 Å². The van der Waals surface area contributed by atoms with Crippen LogP contribution in [0.2, 0.25) is 0 Å². The number of aromatic nitrogens is 2. The molecule has 1 aromatic heterocycles. The first-order valence-corrected chi connectivity index (χ1v) is 5.73. The molecule has 0 radical (unpaired) electrons. The van der Waals surface area contributed by atoms with Gasteiger partial charge in [-0.25, -0.2) is 4.68 Å². The number of carbonyl (C=O) groups is 1. The average Bonchev–Trinajstić information content (AvgIpc) is 2.73. The fourth-order valence-electron chi connectivity index (χ4n) is 1.84. The van der Waals surface area contributed by atoms with Crippen LogP contribution in [0.25, 0.3) is 5.69 Å². The molecule has 0 amide bonds. The Morgan fingerprint density at radius 1 is 1.35 bits per heavy atom. The van der Waals surface area contributed by atoms with Gasteiger partial charge in [0.2, 0.25) is 0 Å². The second kappa shape index (κ2) is 4.53. The van der Waals surface area contributed by atoms with Crippen LogP contribution in [0.5, 0.6) is 0 Å². The summed E-state index contributed by atoms with van der Waals surface area (Å²) in [6.07, 6.45) is 2.66. The van der Waals surface area contributed by atoms with Crippen molar-refractivity contribution < 1.29 is 4.79 Å². The Hall–Kier alpha value is -1.90. The summed E-state index contributed by atoms with van der Waals surface area (Å²) in [5.74, 6) is 0.251. The zero-order chi connectivity index (χ0) is 12.4. The second-order valence-electron chi connectivity index (χ2n) is 4.53. The number of benzene rings is 1. The number of aryl methyl sites for hydroxylation is 1. The first-order chi connectivity index (χ1) is 8.11. The van der Waals surface area contributed by atoms with Gasteiger partial charge in [0.1, 0.15) is 0 Å². The number of carbonyl (C=O) groups excluding carboxylic acids is 1. The molecule has 0 N–H and O–H groups in total. The van der Waals surface area contributed by atoms with E-state index in [4.69, 9.17) is 0 Å². The van der Waals surface area contributed by atoms with Crippen molar-refractivity contribution in [2.75, 3.05) is 0 Å². The van der Waals surface area contributed by atoms with Gasteiger partial charge in [-0.3, -0.25) is 4.79 Å². The van der Waals surface area contributed by atoms with Crippen molar-refractivity contribution in [3.8, 4) is 5.69 Å². The lowest BCUT2D eigenvalue weighted by Gasteiger charge is -2.03. The van der Waals surface area contributed by atoms with E-state index in [1.165, 1.54) is 5.56 Å². The van der Waals surface area contributed by atoms with Gasteiger partial charge in [0.25, 0.3) is 0 Å². The van der Waals surface area contributed by atoms with Gasteiger partial charge in [0.15, 0.2) is 6.29 Å². The molecule has 3 heteroatoms. The highest BCUT2D eigenvalue weighted by molar-refractivity contribution is 5.76. The second-order valence-corrected chi connectivity index (χ2v) is 4.53. The zero-order valence-electron chi connectivity index (χ0n) is 10.3. The third kappa shape index (κ3) is 2.28. The van der Waals surface area contributed by atoms with Gasteiger partial charge in [-0.2, -0.15) is 5.10 Å². The molecule has 0 aliphatic rings. The predicted octanol–water partition coefficient (Wildman–Crippen LogP) is 3.12. The molecular weight excluding hydrogens is 212 g/mol. The molecule has 0 fully saturated rings. The van der Waals surface area contributed by atoms with Crippen molar-refractivity contribution in [1.29, 1.82) is 0 Å². The smallest absolute Gasteiger partial charge is 0.153 e. The Kier molecular flexibility index (Phi) is 3.09. The van der Waals surface area contributed by atoms with Crippen LogP contribution in [0.15, 0.2) is 30.5 Å². The number of nitrogens with zero attached hydrogens (tertiary/aromatic N) is 2. The van der Waals surface area contributed by atoms with Gasteiger partial charge < -0.3 is 0 Å². The molecule has 0 atom stereocenters. The van der Waals surface area contributed by atoms with Crippen molar-refractivity contribution in [3.63, 3.8) is 0 Å². The molecule has 0 saturated heterocycles. The lowest BCUT2D eigenvalue weighted by molar-refractivity contribution is 0.112. The van der Waals surface area contributed by atoms with Crippen LogP contribution in [0.4, 0.5) is 0 Å². The van der Waals surface area contributed by atoms with Gasteiger partial charge in [0, 0.05) is 6.20 Å². The van der Waals surface area contributed by atoms with E-state index in [0.29, 0.717) is 5.56 Å². The molecule has 17 heavy (non-hydrogen) atoms. The zero-order valence-corrected chi connectivity index (χ0v) is 10.3. The van der Waals surface area contributed by atoms with Gasteiger partial charge in [-0.1, -0.05) is 26.0 Å². The Bertz CT molecular complexity index is 541. The van der Waals surface area contributed by atoms with Crippen molar-refractivity contribution >= 4 is 6.29 Å². The molecule has 0 unspecified atom stereocenters. The average molecular weight is 228 g/mol. The van der Waals surface area contributed by atoms with Gasteiger partial charge >= 0.3 is 0 Å². The minimum Gasteiger partial charge on any atom is -0.298 e. The van der Waals surface area contributed by atoms with E-state index in [2.05, 4.69) is 5.10 Å². The lowest BCUT2D eigenvalue weighted by atomic mass is 10.1. The van der Waals surface area contributed by atoms with Gasteiger partial charge in [-0.15, -0.1) is 0 Å². The summed E-state index contributed by atoms with van der Waals surface area (Å²) in [5, 5.41) is 4.48. The predicted molar refractivity (Wildman–Crippen MR) is 67.8 cm³/mol. The molecule has 2 aromatic rings. The molecule has 0 aliphatic carbocycles. The summed E-state index contributed by atoms with van der Waals surface area (Å²) in [5.41, 5.74) is 3.68. The van der Waals surface area contributed by atoms with Crippen molar-refractivity contribution in [1.82, 2.24) is 9.78 Å². The monoisotopic (exact) mass is 228 g/mol. The third-order valence-electron chi connectivity index (χ3n) is 2.71. The maximum atomic E-state index is 11.0. The van der Waals surface area contributed by atoms with Crippen molar-refractivity contribution in [3.05, 3.63) is 47.3 Å². The number of rotatable bonds is 3. The van der Waals surface area contributed by atoms with E-state index in [-0.39, 0.29) is 5.92 Å². The van der Waals surface area contributed by atoms with Crippen LogP contribution < -0.4 is 0 Å². The van der Waals surface area contributed by atoms with E-state index in [1.54, 1.807) is 10.9 Å². The molecule has 1 heterocycles. The molecule has 2 rings (SSSR count). The normalized spacial score (nSPS) is 10.8. The number of aldehydes is 1. The molecule has 0 saturated carbocycles. The van der Waals surface area contributed by atoms with Crippen LogP contribution in [0.1, 0.15) is 41.4 Å². The Balaban J connectivity index is 2.50. The highest BCUT2D eigenvalue weighted by atomic mass is 16.1. The van der Waals surface area contributed by atoms with Crippen LogP contribution >= 0.6 is 0 Å². The van der Waals surface area contributed by atoms with Crippen LogP contribution in [-0.2, 0) is 0 Å². The summed E-state index contributed by atoms with van der Waals surface area (Å²) in [6, 6.07) is 8.06. The largest absolute Gasteiger partial charge is 0.298 e. The number of hydrogen-bond acceptors (Lipinski definition) is 2. The summed E-state index contributed by atoms with van der Waals surface area (Å²) in [4.78, 5) is 11.0. The molecule has 3 nitrogen and oxygen atoms in total. The summed E-state index contributed by atoms with van der Waals surface area (Å²) >= 11 is 0. The lowest BCUT2D eigenvalue weighted by Crippen LogP contribution is -1.97. The molecule has 0 bridgehead atoms. The van der Waals surface area contributed by atoms with Crippen LogP contribution in [0, 0.1) is 6.92 Å². The van der Waals surface area contributed by atoms with Gasteiger partial charge in [-0.05, 0) is 30.5 Å². The minimum atomic E-state index is 0.251. The Morgan fingerprint density at radius 2 is 2.12 bits per heavy atom. The van der Waals surface area contributed by atoms with Crippen LogP contribution in [0.3, 0.4) is 0 Å². The fourth-order valence-corrected chi connectivity index (χ4v) is 1.84. The molecule has 1 aromatic carbocycles. The fraction of sp³-hybridized carbons (Fsp3) is 0.286. The quantitative estimate of drug-likeness (QED) is 0.756. The van der Waals surface area contributed by atoms with Crippen molar-refractivity contribution in [2.45, 2.75) is 26.7 Å². The van der Waals surface area contributed by atoms with E-state index in [0.717, 1.165) is 17.7 Å². The maximum absolute atomic E-state index is 11.0. The third-order valence-corrected chi connectivity index (χ3v) is 2.71. The summed E-state index contributed by atoms with van der Waals surface area (Å²) in [7, 11) is 0. The van der Waals surface area contributed by atoms with Gasteiger partial charge in [0.05, 0.1) is 16.9 Å². The van der Waals surface area contributed by atoms with Crippen LogP contribution in [-0.4, -0.2) is 16.1 Å². The summed E-state index contributed by atoms with van der Waals surface area (Å²) in [6.45, 7) is 6.11. The highest BCUT2D eigenvalue weighted by Gasteiger charge is 2.12. The van der Waals surface area contributed by atoms with E-state index in [9.17, 15) is 4.79 Å². The Morgan fingerprint density at radius 3 is 2.65 bits per heavy atom. The highest BCUT2D eigenvalue weighted by Crippen LogP contribution is 2.18.